The molecule has 0 bridgehead atoms. The smallest absolute Gasteiger partial charge is 0.303 e. The Hall–Kier alpha value is -2.25. The molecule has 6 heteroatoms. The molecule has 3 rings (SSSR count). The predicted molar refractivity (Wildman–Crippen MR) is 102 cm³/mol. The maximum Gasteiger partial charge on any atom is 0.303 e. The van der Waals surface area contributed by atoms with Gasteiger partial charge in [0.25, 0.3) is 0 Å². The minimum absolute atomic E-state index is 0.280. The summed E-state index contributed by atoms with van der Waals surface area (Å²) in [6, 6.07) is 19.7. The highest BCUT2D eigenvalue weighted by Crippen LogP contribution is 2.26. The fraction of sp³-hybridized carbons (Fsp3) is 0.409. The lowest BCUT2D eigenvalue weighted by atomic mass is 10.0. The Labute approximate surface area is 165 Å². The van der Waals surface area contributed by atoms with Crippen molar-refractivity contribution in [2.75, 3.05) is 13.7 Å². The Morgan fingerprint density at radius 3 is 2.04 bits per heavy atom. The summed E-state index contributed by atoms with van der Waals surface area (Å²) in [5.74, 6) is -0.423. The van der Waals surface area contributed by atoms with Gasteiger partial charge in [0.15, 0.2) is 12.4 Å². The van der Waals surface area contributed by atoms with Gasteiger partial charge in [0.2, 0.25) is 0 Å². The van der Waals surface area contributed by atoms with E-state index in [2.05, 4.69) is 0 Å². The third-order valence-corrected chi connectivity index (χ3v) is 4.51. The molecule has 0 unspecified atom stereocenters. The molecule has 6 nitrogen and oxygen atoms in total. The Bertz CT molecular complexity index is 720. The topological polar surface area (TPSA) is 63.2 Å². The standard InChI is InChI=1S/C22H26O6/c1-16(23)28-21-20(26-14-18-11-7-4-8-12-18)19(15-27-22(21)24-2)25-13-17-9-5-3-6-10-17/h3-12,19-22H,13-15H2,1-2H3/t19-,20-,21+,22+/m1/s1. The van der Waals surface area contributed by atoms with Crippen molar-refractivity contribution in [2.45, 2.75) is 44.7 Å². The highest BCUT2D eigenvalue weighted by molar-refractivity contribution is 5.66. The van der Waals surface area contributed by atoms with Crippen LogP contribution in [0.4, 0.5) is 0 Å². The summed E-state index contributed by atoms with van der Waals surface area (Å²) in [6.45, 7) is 2.41. The van der Waals surface area contributed by atoms with Crippen LogP contribution in [-0.4, -0.2) is 44.3 Å². The van der Waals surface area contributed by atoms with Gasteiger partial charge >= 0.3 is 5.97 Å². The van der Waals surface area contributed by atoms with E-state index < -0.39 is 30.6 Å². The number of carbonyl (C=O) groups is 1. The maximum atomic E-state index is 11.6. The Kier molecular flexibility index (Phi) is 7.56. The van der Waals surface area contributed by atoms with Crippen LogP contribution >= 0.6 is 0 Å². The van der Waals surface area contributed by atoms with Gasteiger partial charge in [-0.1, -0.05) is 60.7 Å². The van der Waals surface area contributed by atoms with E-state index in [1.807, 2.05) is 60.7 Å². The highest BCUT2D eigenvalue weighted by Gasteiger charge is 2.44. The summed E-state index contributed by atoms with van der Waals surface area (Å²) in [5, 5.41) is 0. The van der Waals surface area contributed by atoms with Crippen LogP contribution in [0.15, 0.2) is 60.7 Å². The summed E-state index contributed by atoms with van der Waals surface area (Å²) >= 11 is 0. The second kappa shape index (κ2) is 10.3. The van der Waals surface area contributed by atoms with Crippen LogP contribution in [0.1, 0.15) is 18.1 Å². The largest absolute Gasteiger partial charge is 0.454 e. The van der Waals surface area contributed by atoms with E-state index in [0.717, 1.165) is 11.1 Å². The summed E-state index contributed by atoms with van der Waals surface area (Å²) in [4.78, 5) is 11.6. The van der Waals surface area contributed by atoms with Crippen molar-refractivity contribution < 1.29 is 28.5 Å². The van der Waals surface area contributed by atoms with Crippen molar-refractivity contribution in [1.82, 2.24) is 0 Å². The summed E-state index contributed by atoms with van der Waals surface area (Å²) in [6.07, 6.45) is -2.35. The molecule has 4 atom stereocenters. The van der Waals surface area contributed by atoms with Crippen molar-refractivity contribution in [3.8, 4) is 0 Å². The quantitative estimate of drug-likeness (QED) is 0.650. The first-order valence-electron chi connectivity index (χ1n) is 9.30. The lowest BCUT2D eigenvalue weighted by molar-refractivity contribution is -0.285. The van der Waals surface area contributed by atoms with E-state index in [1.165, 1.54) is 14.0 Å². The minimum Gasteiger partial charge on any atom is -0.454 e. The summed E-state index contributed by atoms with van der Waals surface area (Å²) < 4.78 is 28.8. The van der Waals surface area contributed by atoms with Crippen molar-refractivity contribution in [1.29, 1.82) is 0 Å². The lowest BCUT2D eigenvalue weighted by Crippen LogP contribution is -2.57. The molecule has 0 amide bonds. The van der Waals surface area contributed by atoms with Gasteiger partial charge < -0.3 is 23.7 Å². The van der Waals surface area contributed by atoms with Crippen LogP contribution in [0.5, 0.6) is 0 Å². The molecule has 2 aromatic carbocycles. The molecule has 0 aromatic heterocycles. The molecule has 1 heterocycles. The predicted octanol–water partition coefficient (Wildman–Crippen LogP) is 3.09. The van der Waals surface area contributed by atoms with Gasteiger partial charge in [-0.2, -0.15) is 0 Å². The van der Waals surface area contributed by atoms with E-state index >= 15 is 0 Å². The van der Waals surface area contributed by atoms with Crippen molar-refractivity contribution in [3.63, 3.8) is 0 Å². The van der Waals surface area contributed by atoms with E-state index in [0.29, 0.717) is 13.2 Å². The van der Waals surface area contributed by atoms with Gasteiger partial charge in [0.1, 0.15) is 12.2 Å². The molecule has 0 spiro atoms. The average Bonchev–Trinajstić information content (AvgIpc) is 2.72. The number of hydrogen-bond acceptors (Lipinski definition) is 6. The first-order valence-corrected chi connectivity index (χ1v) is 9.30. The van der Waals surface area contributed by atoms with Crippen molar-refractivity contribution in [3.05, 3.63) is 71.8 Å². The fourth-order valence-corrected chi connectivity index (χ4v) is 3.15. The molecule has 1 saturated heterocycles. The minimum atomic E-state index is -0.722. The molecule has 0 radical (unpaired) electrons. The van der Waals surface area contributed by atoms with Crippen molar-refractivity contribution in [2.24, 2.45) is 0 Å². The van der Waals surface area contributed by atoms with Crippen molar-refractivity contribution >= 4 is 5.97 Å². The van der Waals surface area contributed by atoms with Crippen LogP contribution in [0, 0.1) is 0 Å². The third kappa shape index (κ3) is 5.62. The van der Waals surface area contributed by atoms with E-state index in [4.69, 9.17) is 23.7 Å². The molecule has 1 aliphatic rings. The van der Waals surface area contributed by atoms with E-state index in [1.54, 1.807) is 0 Å². The first-order chi connectivity index (χ1) is 13.7. The number of benzene rings is 2. The van der Waals surface area contributed by atoms with Crippen LogP contribution in [0.3, 0.4) is 0 Å². The fourth-order valence-electron chi connectivity index (χ4n) is 3.15. The van der Waals surface area contributed by atoms with E-state index in [-0.39, 0.29) is 6.61 Å². The molecule has 0 saturated carbocycles. The number of methoxy groups -OCH3 is 1. The second-order valence-electron chi connectivity index (χ2n) is 6.61. The number of ether oxygens (including phenoxy) is 5. The SMILES string of the molecule is CO[C@H]1OC[C@@H](OCc2ccccc2)[C@@H](OCc2ccccc2)[C@@H]1OC(C)=O. The molecule has 150 valence electrons. The molecule has 28 heavy (non-hydrogen) atoms. The average molecular weight is 386 g/mol. The van der Waals surface area contributed by atoms with Gasteiger partial charge in [-0.05, 0) is 11.1 Å². The highest BCUT2D eigenvalue weighted by atomic mass is 16.7. The number of carbonyl (C=O) groups excluding carboxylic acids is 1. The summed E-state index contributed by atoms with van der Waals surface area (Å²) in [5.41, 5.74) is 2.06. The van der Waals surface area contributed by atoms with Crippen LogP contribution in [0.25, 0.3) is 0 Å². The molecule has 0 aliphatic carbocycles. The zero-order valence-corrected chi connectivity index (χ0v) is 16.2. The Balaban J connectivity index is 1.73. The maximum absolute atomic E-state index is 11.6. The molecular formula is C22H26O6. The Morgan fingerprint density at radius 1 is 0.929 bits per heavy atom. The zero-order valence-electron chi connectivity index (χ0n) is 16.2. The van der Waals surface area contributed by atoms with Crippen LogP contribution in [0.2, 0.25) is 0 Å². The normalized spacial score (nSPS) is 24.6. The summed E-state index contributed by atoms with van der Waals surface area (Å²) in [7, 11) is 1.51. The third-order valence-electron chi connectivity index (χ3n) is 4.51. The van der Waals surface area contributed by atoms with Gasteiger partial charge in [-0.15, -0.1) is 0 Å². The molecule has 1 fully saturated rings. The van der Waals surface area contributed by atoms with Crippen LogP contribution in [-0.2, 0) is 41.7 Å². The first kappa shape index (κ1) is 20.5. The molecular weight excluding hydrogens is 360 g/mol. The Morgan fingerprint density at radius 2 is 1.50 bits per heavy atom. The van der Waals surface area contributed by atoms with Gasteiger partial charge in [0, 0.05) is 14.0 Å². The van der Waals surface area contributed by atoms with Gasteiger partial charge in [-0.3, -0.25) is 4.79 Å². The molecule has 1 aliphatic heterocycles. The van der Waals surface area contributed by atoms with Gasteiger partial charge in [0.05, 0.1) is 19.8 Å². The lowest BCUT2D eigenvalue weighted by Gasteiger charge is -2.40. The number of hydrogen-bond donors (Lipinski definition) is 0. The van der Waals surface area contributed by atoms with E-state index in [9.17, 15) is 4.79 Å². The monoisotopic (exact) mass is 386 g/mol. The number of rotatable bonds is 8. The zero-order chi connectivity index (χ0) is 19.8. The van der Waals surface area contributed by atoms with Gasteiger partial charge in [-0.25, -0.2) is 0 Å². The molecule has 0 N–H and O–H groups in total. The second-order valence-corrected chi connectivity index (χ2v) is 6.61. The number of esters is 1. The molecule has 2 aromatic rings. The van der Waals surface area contributed by atoms with Crippen LogP contribution < -0.4 is 0 Å².